The molecule has 3 heterocycles. The van der Waals surface area contributed by atoms with Gasteiger partial charge in [0.1, 0.15) is 11.8 Å². The first-order valence-corrected chi connectivity index (χ1v) is 19.1. The molecule has 1 aromatic heterocycles. The maximum absolute atomic E-state index is 5.47. The van der Waals surface area contributed by atoms with Crippen LogP contribution in [0.25, 0.3) is 16.3 Å². The van der Waals surface area contributed by atoms with Crippen molar-refractivity contribution in [1.29, 1.82) is 0 Å². The molecule has 264 valence electrons. The Bertz CT molecular complexity index is 2500. The van der Waals surface area contributed by atoms with Gasteiger partial charge in [-0.2, -0.15) is 0 Å². The number of rotatable bonds is 6. The zero-order valence-corrected chi connectivity index (χ0v) is 30.7. The number of hydrogen-bond acceptors (Lipinski definition) is 5. The minimum atomic E-state index is -0.372. The van der Waals surface area contributed by atoms with Crippen LogP contribution >= 0.6 is 0 Å². The Morgan fingerprint density at radius 3 is 2.15 bits per heavy atom. The first kappa shape index (κ1) is 32.3. The second kappa shape index (κ2) is 13.0. The molecule has 0 bridgehead atoms. The minimum Gasteiger partial charge on any atom is -0.357 e. The number of aromatic nitrogens is 1. The van der Waals surface area contributed by atoms with E-state index in [0.29, 0.717) is 0 Å². The van der Waals surface area contributed by atoms with Crippen molar-refractivity contribution in [3.8, 4) is 0 Å². The molecular formula is C49H43N5. The number of nitrogens with one attached hydrogen (secondary N) is 1. The Hall–Kier alpha value is -6.33. The van der Waals surface area contributed by atoms with Gasteiger partial charge < -0.3 is 20.0 Å². The van der Waals surface area contributed by atoms with Crippen LogP contribution in [0, 0.1) is 0 Å². The molecular weight excluding hydrogens is 659 g/mol. The predicted octanol–water partition coefficient (Wildman–Crippen LogP) is 11.3. The topological polar surface area (TPSA) is 34.6 Å². The smallest absolute Gasteiger partial charge is 0.134 e. The van der Waals surface area contributed by atoms with Crippen LogP contribution in [-0.2, 0) is 5.66 Å². The van der Waals surface area contributed by atoms with Crippen LogP contribution < -0.4 is 20.0 Å². The van der Waals surface area contributed by atoms with E-state index in [0.717, 1.165) is 24.2 Å². The number of benzene rings is 5. The van der Waals surface area contributed by atoms with E-state index >= 15 is 0 Å². The second-order valence-electron chi connectivity index (χ2n) is 15.0. The van der Waals surface area contributed by atoms with Gasteiger partial charge in [0.2, 0.25) is 0 Å². The summed E-state index contributed by atoms with van der Waals surface area (Å²) in [5.41, 5.74) is 11.6. The zero-order valence-electron chi connectivity index (χ0n) is 30.7. The van der Waals surface area contributed by atoms with E-state index in [1.54, 1.807) is 0 Å². The molecule has 0 spiro atoms. The van der Waals surface area contributed by atoms with Crippen LogP contribution in [0.2, 0.25) is 0 Å². The normalized spacial score (nSPS) is 22.9. The van der Waals surface area contributed by atoms with Crippen LogP contribution in [0.15, 0.2) is 182 Å². The molecule has 0 amide bonds. The summed E-state index contributed by atoms with van der Waals surface area (Å²) < 4.78 is 0. The van der Waals surface area contributed by atoms with Crippen molar-refractivity contribution in [3.05, 3.63) is 204 Å². The highest BCUT2D eigenvalue weighted by molar-refractivity contribution is 5.95. The van der Waals surface area contributed by atoms with Gasteiger partial charge in [-0.3, -0.25) is 4.98 Å². The summed E-state index contributed by atoms with van der Waals surface area (Å²) in [5.74, 6) is 0.183. The highest BCUT2D eigenvalue weighted by atomic mass is 15.4. The lowest BCUT2D eigenvalue weighted by molar-refractivity contribution is 0.482. The van der Waals surface area contributed by atoms with E-state index in [4.69, 9.17) is 4.98 Å². The van der Waals surface area contributed by atoms with Crippen LogP contribution in [-0.4, -0.2) is 18.1 Å². The van der Waals surface area contributed by atoms with Crippen molar-refractivity contribution in [2.45, 2.75) is 43.6 Å². The molecule has 2 aliphatic heterocycles. The lowest BCUT2D eigenvalue weighted by Gasteiger charge is -2.42. The fourth-order valence-electron chi connectivity index (χ4n) is 9.13. The Kier molecular flexibility index (Phi) is 7.76. The van der Waals surface area contributed by atoms with Crippen LogP contribution in [0.1, 0.15) is 54.4 Å². The van der Waals surface area contributed by atoms with Crippen LogP contribution in [0.4, 0.5) is 22.7 Å². The summed E-state index contributed by atoms with van der Waals surface area (Å²) in [7, 11) is 2.20. The van der Waals surface area contributed by atoms with Crippen molar-refractivity contribution < 1.29 is 0 Å². The largest absolute Gasteiger partial charge is 0.357 e. The molecule has 4 atom stereocenters. The van der Waals surface area contributed by atoms with Gasteiger partial charge in [0.05, 0.1) is 34.5 Å². The molecule has 0 radical (unpaired) electrons. The van der Waals surface area contributed by atoms with Crippen molar-refractivity contribution in [2.24, 2.45) is 0 Å². The number of hydrogen-bond donors (Lipinski definition) is 1. The summed E-state index contributed by atoms with van der Waals surface area (Å²) >= 11 is 0. The molecule has 5 aromatic carbocycles. The molecule has 6 aromatic rings. The van der Waals surface area contributed by atoms with Crippen LogP contribution in [0.3, 0.4) is 0 Å². The number of allylic oxidation sites excluding steroid dienone is 5. The molecule has 54 heavy (non-hydrogen) atoms. The summed E-state index contributed by atoms with van der Waals surface area (Å²) in [5, 5.41) is 6.29. The Morgan fingerprint density at radius 2 is 1.39 bits per heavy atom. The Balaban J connectivity index is 0.954. The Morgan fingerprint density at radius 1 is 0.685 bits per heavy atom. The maximum atomic E-state index is 5.47. The van der Waals surface area contributed by atoms with Gasteiger partial charge in [0, 0.05) is 29.7 Å². The molecule has 0 saturated carbocycles. The summed E-state index contributed by atoms with van der Waals surface area (Å²) in [6.07, 6.45) is 16.0. The SMILES string of the molecule is CN1c2ccccc2N(C2=CCC(c3cc4ccccc4c(C4=CCC(N5c6ccccc6NC5(C)c5ccccc5)C=C4)n3)C=C2)C1c1ccccc1. The van der Waals surface area contributed by atoms with Crippen molar-refractivity contribution in [2.75, 3.05) is 27.1 Å². The fourth-order valence-corrected chi connectivity index (χ4v) is 9.13. The van der Waals surface area contributed by atoms with Gasteiger partial charge in [-0.15, -0.1) is 0 Å². The Labute approximate surface area is 317 Å². The first-order valence-electron chi connectivity index (χ1n) is 19.1. The molecule has 0 fully saturated rings. The summed E-state index contributed by atoms with van der Waals surface area (Å²) in [6.45, 7) is 2.30. The van der Waals surface area contributed by atoms with E-state index in [1.165, 1.54) is 55.9 Å². The first-order chi connectivity index (χ1) is 26.6. The number of pyridine rings is 1. The van der Waals surface area contributed by atoms with E-state index < -0.39 is 0 Å². The van der Waals surface area contributed by atoms with Crippen molar-refractivity contribution in [1.82, 2.24) is 4.98 Å². The molecule has 4 unspecified atom stereocenters. The zero-order chi connectivity index (χ0) is 36.2. The van der Waals surface area contributed by atoms with Crippen LogP contribution in [0.5, 0.6) is 0 Å². The molecule has 0 saturated heterocycles. The molecule has 5 nitrogen and oxygen atoms in total. The molecule has 1 N–H and O–H groups in total. The lowest BCUT2D eigenvalue weighted by Crippen LogP contribution is -2.50. The van der Waals surface area contributed by atoms with Gasteiger partial charge in [0.25, 0.3) is 0 Å². The summed E-state index contributed by atoms with van der Waals surface area (Å²) in [6, 6.07) is 50.2. The van der Waals surface area contributed by atoms with E-state index in [-0.39, 0.29) is 23.8 Å². The van der Waals surface area contributed by atoms with Gasteiger partial charge >= 0.3 is 0 Å². The van der Waals surface area contributed by atoms with Gasteiger partial charge in [0.15, 0.2) is 0 Å². The lowest BCUT2D eigenvalue weighted by atomic mass is 9.90. The minimum absolute atomic E-state index is 0.0886. The number of fused-ring (bicyclic) bond motifs is 3. The monoisotopic (exact) mass is 701 g/mol. The quantitative estimate of drug-likeness (QED) is 0.187. The molecule has 10 rings (SSSR count). The van der Waals surface area contributed by atoms with Gasteiger partial charge in [-0.25, -0.2) is 0 Å². The third kappa shape index (κ3) is 5.26. The fraction of sp³-hybridized carbons (Fsp3) is 0.163. The van der Waals surface area contributed by atoms with Crippen molar-refractivity contribution in [3.63, 3.8) is 0 Å². The van der Waals surface area contributed by atoms with Gasteiger partial charge in [-0.1, -0.05) is 140 Å². The maximum Gasteiger partial charge on any atom is 0.134 e. The number of para-hydroxylation sites is 4. The highest BCUT2D eigenvalue weighted by Crippen LogP contribution is 2.50. The van der Waals surface area contributed by atoms with E-state index in [1.807, 2.05) is 0 Å². The molecule has 4 aliphatic rings. The highest BCUT2D eigenvalue weighted by Gasteiger charge is 2.44. The molecule has 2 aliphatic carbocycles. The van der Waals surface area contributed by atoms with Crippen molar-refractivity contribution >= 4 is 39.1 Å². The molecule has 5 heteroatoms. The average molecular weight is 702 g/mol. The summed E-state index contributed by atoms with van der Waals surface area (Å²) in [4.78, 5) is 12.9. The third-order valence-electron chi connectivity index (χ3n) is 11.8. The average Bonchev–Trinajstić information content (AvgIpc) is 3.72. The second-order valence-corrected chi connectivity index (χ2v) is 15.0. The standard InChI is InChI=1S/C49H43N5/c1-49(38-18-7-4-8-19-38)51-42-21-11-12-22-44(42)54(49)40-31-27-35(28-32-40)47-41-20-10-9-17-37(41)33-43(50-47)34-25-29-39(30-26-34)53-46-24-14-13-23-45(46)52(2)48(53)36-15-5-3-6-16-36/h3-25,27-31,33-34,40,48,51H,26,32H2,1-2H3. The number of anilines is 4. The third-order valence-corrected chi connectivity index (χ3v) is 11.8. The van der Waals surface area contributed by atoms with E-state index in [9.17, 15) is 0 Å². The predicted molar refractivity (Wildman–Crippen MR) is 225 cm³/mol. The van der Waals surface area contributed by atoms with E-state index in [2.05, 4.69) is 210 Å². The number of nitrogens with zero attached hydrogens (tertiary/aromatic N) is 4. The van der Waals surface area contributed by atoms with Gasteiger partial charge in [-0.05, 0) is 78.3 Å².